The van der Waals surface area contributed by atoms with Crippen molar-refractivity contribution in [3.8, 4) is 11.6 Å². The van der Waals surface area contributed by atoms with Crippen LogP contribution in [-0.4, -0.2) is 33.4 Å². The SMILES string of the molecule is CCOC1CCC(c2cccnc2Oc2ccc(C(=O)c3nc4ccccc4[nH]3)cc2)CC1. The fourth-order valence-electron chi connectivity index (χ4n) is 4.56. The molecule has 6 heteroatoms. The van der Waals surface area contributed by atoms with Crippen molar-refractivity contribution >= 4 is 16.8 Å². The van der Waals surface area contributed by atoms with Crippen LogP contribution in [-0.2, 0) is 4.74 Å². The van der Waals surface area contributed by atoms with Crippen LogP contribution in [0, 0.1) is 0 Å². The highest BCUT2D eigenvalue weighted by atomic mass is 16.5. The molecule has 4 aromatic rings. The molecule has 1 aliphatic rings. The number of aromatic amines is 1. The van der Waals surface area contributed by atoms with E-state index in [0.29, 0.717) is 35.0 Å². The van der Waals surface area contributed by atoms with Crippen molar-refractivity contribution in [2.24, 2.45) is 0 Å². The number of pyridine rings is 1. The molecule has 168 valence electrons. The van der Waals surface area contributed by atoms with Crippen LogP contribution < -0.4 is 4.74 Å². The molecule has 1 saturated carbocycles. The Morgan fingerprint density at radius 2 is 1.79 bits per heavy atom. The molecule has 0 spiro atoms. The van der Waals surface area contributed by atoms with Crippen LogP contribution in [0.1, 0.15) is 60.3 Å². The number of rotatable bonds is 7. The largest absolute Gasteiger partial charge is 0.439 e. The maximum atomic E-state index is 12.9. The van der Waals surface area contributed by atoms with Gasteiger partial charge < -0.3 is 14.5 Å². The number of H-pyrrole nitrogens is 1. The lowest BCUT2D eigenvalue weighted by Crippen LogP contribution is -2.21. The molecule has 0 saturated heterocycles. The number of carbonyl (C=O) groups is 1. The van der Waals surface area contributed by atoms with Gasteiger partial charge in [-0.25, -0.2) is 9.97 Å². The number of para-hydroxylation sites is 2. The lowest BCUT2D eigenvalue weighted by Gasteiger charge is -2.29. The van der Waals surface area contributed by atoms with Crippen LogP contribution in [0.25, 0.3) is 11.0 Å². The van der Waals surface area contributed by atoms with Gasteiger partial charge in [0.15, 0.2) is 5.82 Å². The second kappa shape index (κ2) is 9.55. The second-order valence-corrected chi connectivity index (χ2v) is 8.38. The van der Waals surface area contributed by atoms with Gasteiger partial charge >= 0.3 is 0 Å². The number of imidazole rings is 1. The maximum absolute atomic E-state index is 12.9. The third kappa shape index (κ3) is 4.66. The first-order chi connectivity index (χ1) is 16.2. The Kier molecular flexibility index (Phi) is 6.17. The van der Waals surface area contributed by atoms with Gasteiger partial charge in [0.05, 0.1) is 17.1 Å². The highest BCUT2D eigenvalue weighted by molar-refractivity contribution is 6.08. The summed E-state index contributed by atoms with van der Waals surface area (Å²) in [5.41, 5.74) is 3.31. The van der Waals surface area contributed by atoms with E-state index in [0.717, 1.165) is 48.9 Å². The average molecular weight is 442 g/mol. The minimum Gasteiger partial charge on any atom is -0.439 e. The number of fused-ring (bicyclic) bond motifs is 1. The van der Waals surface area contributed by atoms with Crippen molar-refractivity contribution in [3.05, 3.63) is 83.8 Å². The summed E-state index contributed by atoms with van der Waals surface area (Å²) in [6.07, 6.45) is 6.38. The van der Waals surface area contributed by atoms with Crippen molar-refractivity contribution in [1.82, 2.24) is 15.0 Å². The second-order valence-electron chi connectivity index (χ2n) is 8.38. The van der Waals surface area contributed by atoms with E-state index in [1.54, 1.807) is 30.5 Å². The van der Waals surface area contributed by atoms with Gasteiger partial charge in [-0.15, -0.1) is 0 Å². The Labute approximate surface area is 193 Å². The van der Waals surface area contributed by atoms with E-state index in [2.05, 4.69) is 27.9 Å². The molecule has 0 amide bonds. The molecule has 1 N–H and O–H groups in total. The lowest BCUT2D eigenvalue weighted by atomic mass is 9.83. The zero-order valence-corrected chi connectivity index (χ0v) is 18.7. The van der Waals surface area contributed by atoms with Crippen molar-refractivity contribution in [2.45, 2.75) is 44.6 Å². The number of ether oxygens (including phenoxy) is 2. The Bertz CT molecular complexity index is 1210. The normalized spacial score (nSPS) is 18.3. The molecule has 1 fully saturated rings. The number of hydrogen-bond acceptors (Lipinski definition) is 5. The lowest BCUT2D eigenvalue weighted by molar-refractivity contribution is 0.0326. The molecule has 0 radical (unpaired) electrons. The van der Waals surface area contributed by atoms with E-state index >= 15 is 0 Å². The van der Waals surface area contributed by atoms with Gasteiger partial charge in [-0.3, -0.25) is 4.79 Å². The van der Waals surface area contributed by atoms with E-state index in [4.69, 9.17) is 9.47 Å². The predicted octanol–water partition coefficient (Wildman–Crippen LogP) is 6.04. The molecule has 0 aliphatic heterocycles. The summed E-state index contributed by atoms with van der Waals surface area (Å²) >= 11 is 0. The molecule has 2 aromatic heterocycles. The minimum absolute atomic E-state index is 0.151. The van der Waals surface area contributed by atoms with Crippen LogP contribution in [0.4, 0.5) is 0 Å². The molecule has 1 aliphatic carbocycles. The summed E-state index contributed by atoms with van der Waals surface area (Å²) in [4.78, 5) is 24.9. The monoisotopic (exact) mass is 441 g/mol. The van der Waals surface area contributed by atoms with Gasteiger partial charge in [0.25, 0.3) is 0 Å². The van der Waals surface area contributed by atoms with E-state index in [9.17, 15) is 4.79 Å². The zero-order valence-electron chi connectivity index (χ0n) is 18.7. The summed E-state index contributed by atoms with van der Waals surface area (Å²) in [7, 11) is 0. The summed E-state index contributed by atoms with van der Waals surface area (Å²) in [5.74, 6) is 1.88. The number of benzene rings is 2. The van der Waals surface area contributed by atoms with Gasteiger partial charge in [0.1, 0.15) is 5.75 Å². The van der Waals surface area contributed by atoms with Crippen molar-refractivity contribution in [2.75, 3.05) is 6.61 Å². The van der Waals surface area contributed by atoms with Crippen LogP contribution >= 0.6 is 0 Å². The predicted molar refractivity (Wildman–Crippen MR) is 127 cm³/mol. The molecule has 2 heterocycles. The van der Waals surface area contributed by atoms with E-state index in [1.807, 2.05) is 30.3 Å². The topological polar surface area (TPSA) is 77.1 Å². The highest BCUT2D eigenvalue weighted by Crippen LogP contribution is 2.38. The van der Waals surface area contributed by atoms with Gasteiger partial charge in [0, 0.05) is 23.9 Å². The first-order valence-electron chi connectivity index (χ1n) is 11.5. The quantitative estimate of drug-likeness (QED) is 0.354. The summed E-state index contributed by atoms with van der Waals surface area (Å²) in [6, 6.07) is 18.8. The summed E-state index contributed by atoms with van der Waals surface area (Å²) < 4.78 is 11.9. The molecular formula is C27H27N3O3. The molecule has 2 aromatic carbocycles. The molecule has 6 nitrogen and oxygen atoms in total. The van der Waals surface area contributed by atoms with E-state index < -0.39 is 0 Å². The molecule has 5 rings (SSSR count). The maximum Gasteiger partial charge on any atom is 0.228 e. The third-order valence-corrected chi connectivity index (χ3v) is 6.25. The molecule has 0 bridgehead atoms. The Morgan fingerprint density at radius 1 is 1.00 bits per heavy atom. The molecule has 33 heavy (non-hydrogen) atoms. The number of nitrogens with zero attached hydrogens (tertiary/aromatic N) is 2. The number of aromatic nitrogens is 3. The Morgan fingerprint density at radius 3 is 2.55 bits per heavy atom. The zero-order chi connectivity index (χ0) is 22.6. The Balaban J connectivity index is 1.29. The number of carbonyl (C=O) groups excluding carboxylic acids is 1. The van der Waals surface area contributed by atoms with Gasteiger partial charge in [0.2, 0.25) is 11.7 Å². The van der Waals surface area contributed by atoms with Crippen molar-refractivity contribution in [3.63, 3.8) is 0 Å². The van der Waals surface area contributed by atoms with Crippen molar-refractivity contribution < 1.29 is 14.3 Å². The van der Waals surface area contributed by atoms with Crippen LogP contribution in [0.5, 0.6) is 11.6 Å². The number of hydrogen-bond donors (Lipinski definition) is 1. The molecule has 0 unspecified atom stereocenters. The van der Waals surface area contributed by atoms with Gasteiger partial charge in [-0.2, -0.15) is 0 Å². The van der Waals surface area contributed by atoms with E-state index in [-0.39, 0.29) is 5.78 Å². The van der Waals surface area contributed by atoms with Crippen LogP contribution in [0.3, 0.4) is 0 Å². The third-order valence-electron chi connectivity index (χ3n) is 6.25. The smallest absolute Gasteiger partial charge is 0.228 e. The first-order valence-corrected chi connectivity index (χ1v) is 11.5. The van der Waals surface area contributed by atoms with Gasteiger partial charge in [-0.1, -0.05) is 18.2 Å². The number of ketones is 1. The number of nitrogens with one attached hydrogen (secondary N) is 1. The molecule has 0 atom stereocenters. The first kappa shape index (κ1) is 21.3. The standard InChI is InChI=1S/C27H27N3O3/c1-2-32-20-13-9-18(10-14-20)22-6-5-17-28-27(22)33-21-15-11-19(12-16-21)25(31)26-29-23-7-3-4-8-24(23)30-26/h3-8,11-12,15-18,20H,2,9-10,13-14H2,1H3,(H,29,30). The van der Waals surface area contributed by atoms with Gasteiger partial charge in [-0.05, 0) is 81.0 Å². The molecular weight excluding hydrogens is 414 g/mol. The van der Waals surface area contributed by atoms with Crippen molar-refractivity contribution in [1.29, 1.82) is 0 Å². The summed E-state index contributed by atoms with van der Waals surface area (Å²) in [6.45, 7) is 2.82. The van der Waals surface area contributed by atoms with Crippen LogP contribution in [0.2, 0.25) is 0 Å². The summed E-state index contributed by atoms with van der Waals surface area (Å²) in [5, 5.41) is 0. The fourth-order valence-corrected chi connectivity index (χ4v) is 4.56. The fraction of sp³-hybridized carbons (Fsp3) is 0.296. The van der Waals surface area contributed by atoms with E-state index in [1.165, 1.54) is 0 Å². The highest BCUT2D eigenvalue weighted by Gasteiger charge is 2.25. The van der Waals surface area contributed by atoms with Crippen LogP contribution in [0.15, 0.2) is 66.9 Å². The average Bonchev–Trinajstić information content (AvgIpc) is 3.30. The minimum atomic E-state index is -0.151. The Hall–Kier alpha value is -3.51.